The van der Waals surface area contributed by atoms with Crippen LogP contribution in [-0.2, 0) is 6.54 Å². The second kappa shape index (κ2) is 10.5. The lowest BCUT2D eigenvalue weighted by molar-refractivity contribution is 0.0697. The molecule has 1 aliphatic carbocycles. The van der Waals surface area contributed by atoms with Gasteiger partial charge in [0.1, 0.15) is 0 Å². The van der Waals surface area contributed by atoms with Crippen LogP contribution in [0.2, 0.25) is 0 Å². The summed E-state index contributed by atoms with van der Waals surface area (Å²) in [5, 5.41) is 11.0. The minimum Gasteiger partial charge on any atom is -0.478 e. The summed E-state index contributed by atoms with van der Waals surface area (Å²) < 4.78 is 2.46. The van der Waals surface area contributed by atoms with Gasteiger partial charge in [0, 0.05) is 41.8 Å². The third kappa shape index (κ3) is 4.67. The van der Waals surface area contributed by atoms with Crippen LogP contribution in [0.15, 0.2) is 42.5 Å². The average Bonchev–Trinajstić information content (AvgIpc) is 3.18. The third-order valence-electron chi connectivity index (χ3n) is 9.42. The number of hydrogen-bond acceptors (Lipinski definition) is 3. The van der Waals surface area contributed by atoms with E-state index in [0.717, 1.165) is 31.1 Å². The van der Waals surface area contributed by atoms with Gasteiger partial charge in [-0.25, -0.2) is 4.79 Å². The summed E-state index contributed by atoms with van der Waals surface area (Å²) in [4.78, 5) is 17.1. The molecule has 3 aromatic rings. The van der Waals surface area contributed by atoms with E-state index in [0.29, 0.717) is 11.5 Å². The molecule has 37 heavy (non-hydrogen) atoms. The molecule has 1 saturated carbocycles. The molecule has 0 spiro atoms. The van der Waals surface area contributed by atoms with Crippen molar-refractivity contribution in [1.82, 2.24) is 9.47 Å². The van der Waals surface area contributed by atoms with Crippen LogP contribution in [0.4, 0.5) is 5.69 Å². The zero-order chi connectivity index (χ0) is 25.4. The summed E-state index contributed by atoms with van der Waals surface area (Å²) in [5.74, 6) is 0.516. The van der Waals surface area contributed by atoms with E-state index in [4.69, 9.17) is 0 Å². The van der Waals surface area contributed by atoms with Crippen molar-refractivity contribution in [3.8, 4) is 11.3 Å². The van der Waals surface area contributed by atoms with Crippen LogP contribution in [0.5, 0.6) is 0 Å². The molecule has 1 saturated heterocycles. The number of para-hydroxylation sites is 1. The van der Waals surface area contributed by atoms with Crippen molar-refractivity contribution in [3.05, 3.63) is 53.6 Å². The minimum absolute atomic E-state index is 0.385. The number of aromatic carboxylic acids is 1. The first kappa shape index (κ1) is 24.5. The first-order chi connectivity index (χ1) is 18.1. The van der Waals surface area contributed by atoms with Crippen molar-refractivity contribution in [3.63, 3.8) is 0 Å². The highest BCUT2D eigenvalue weighted by Gasteiger charge is 2.31. The Morgan fingerprint density at radius 1 is 0.946 bits per heavy atom. The predicted octanol–water partition coefficient (Wildman–Crippen LogP) is 7.00. The molecule has 0 amide bonds. The number of carbonyl (C=O) groups is 1. The molecule has 5 nitrogen and oxygen atoms in total. The molecule has 1 aromatic heterocycles. The van der Waals surface area contributed by atoms with Crippen molar-refractivity contribution < 1.29 is 9.90 Å². The maximum absolute atomic E-state index is 11.9. The molecule has 6 rings (SSSR count). The van der Waals surface area contributed by atoms with Crippen LogP contribution in [0.1, 0.15) is 80.1 Å². The molecule has 0 radical (unpaired) electrons. The monoisotopic (exact) mass is 499 g/mol. The lowest BCUT2D eigenvalue weighted by Gasteiger charge is -2.33. The van der Waals surface area contributed by atoms with Gasteiger partial charge in [0.15, 0.2) is 0 Å². The summed E-state index contributed by atoms with van der Waals surface area (Å²) in [6, 6.07) is 14.8. The molecule has 2 fully saturated rings. The lowest BCUT2D eigenvalue weighted by atomic mass is 9.81. The Hall–Kier alpha value is -2.79. The van der Waals surface area contributed by atoms with Crippen LogP contribution < -0.4 is 4.90 Å². The topological polar surface area (TPSA) is 48.7 Å². The molecule has 0 bridgehead atoms. The lowest BCUT2D eigenvalue weighted by Crippen LogP contribution is -2.35. The molecule has 5 heteroatoms. The van der Waals surface area contributed by atoms with Gasteiger partial charge in [-0.2, -0.15) is 0 Å². The first-order valence-corrected chi connectivity index (χ1v) is 14.6. The standard InChI is InChI=1S/C32H41N3O2/c1-2-33-17-14-23(15-18-33)16-19-34-20-21-35-29-22-25(32(36)37)12-13-26(29)30(24-8-4-3-5-9-24)31(35)27-10-6-7-11-28(27)34/h6-7,10-13,22-24H,2-5,8-9,14-21H2,1H3,(H,36,37). The Kier molecular flexibility index (Phi) is 6.98. The van der Waals surface area contributed by atoms with Gasteiger partial charge in [-0.1, -0.05) is 50.5 Å². The van der Waals surface area contributed by atoms with Gasteiger partial charge in [0.25, 0.3) is 0 Å². The number of likely N-dealkylation sites (tertiary alicyclic amines) is 1. The van der Waals surface area contributed by atoms with Gasteiger partial charge < -0.3 is 19.5 Å². The van der Waals surface area contributed by atoms with Crippen molar-refractivity contribution in [2.45, 2.75) is 70.8 Å². The number of carboxylic acid groups (broad SMARTS) is 1. The zero-order valence-corrected chi connectivity index (χ0v) is 22.3. The van der Waals surface area contributed by atoms with Crippen LogP contribution in [0.25, 0.3) is 22.2 Å². The van der Waals surface area contributed by atoms with Crippen molar-refractivity contribution in [2.24, 2.45) is 5.92 Å². The van der Waals surface area contributed by atoms with Crippen molar-refractivity contribution in [2.75, 3.05) is 37.6 Å². The summed E-state index contributed by atoms with van der Waals surface area (Å²) in [6.07, 6.45) is 10.2. The maximum Gasteiger partial charge on any atom is 0.335 e. The number of benzene rings is 2. The van der Waals surface area contributed by atoms with E-state index in [9.17, 15) is 9.90 Å². The van der Waals surface area contributed by atoms with Crippen LogP contribution in [-0.4, -0.2) is 53.3 Å². The quantitative estimate of drug-likeness (QED) is 0.397. The van der Waals surface area contributed by atoms with E-state index < -0.39 is 5.97 Å². The highest BCUT2D eigenvalue weighted by Crippen LogP contribution is 2.47. The van der Waals surface area contributed by atoms with E-state index >= 15 is 0 Å². The largest absolute Gasteiger partial charge is 0.478 e. The SMILES string of the molecule is CCN1CCC(CCN2CCn3c(c(C4CCCCC4)c4ccc(C(=O)O)cc43)-c3ccccc32)CC1. The van der Waals surface area contributed by atoms with E-state index in [2.05, 4.69) is 51.6 Å². The predicted molar refractivity (Wildman–Crippen MR) is 152 cm³/mol. The Morgan fingerprint density at radius 3 is 2.49 bits per heavy atom. The van der Waals surface area contributed by atoms with Gasteiger partial charge in [-0.15, -0.1) is 0 Å². The second-order valence-corrected chi connectivity index (χ2v) is 11.5. The fourth-order valence-corrected chi connectivity index (χ4v) is 7.29. The Balaban J connectivity index is 1.39. The van der Waals surface area contributed by atoms with Crippen LogP contribution >= 0.6 is 0 Å². The molecule has 0 atom stereocenters. The zero-order valence-electron chi connectivity index (χ0n) is 22.3. The van der Waals surface area contributed by atoms with Crippen molar-refractivity contribution in [1.29, 1.82) is 0 Å². The number of piperidine rings is 1. The summed E-state index contributed by atoms with van der Waals surface area (Å²) >= 11 is 0. The second-order valence-electron chi connectivity index (χ2n) is 11.5. The number of rotatable bonds is 6. The summed E-state index contributed by atoms with van der Waals surface area (Å²) in [5.41, 5.74) is 6.97. The summed E-state index contributed by atoms with van der Waals surface area (Å²) in [6.45, 7) is 8.88. The fraction of sp³-hybridized carbons (Fsp3) is 0.531. The Labute approximate surface area is 221 Å². The average molecular weight is 500 g/mol. The maximum atomic E-state index is 11.9. The highest BCUT2D eigenvalue weighted by molar-refractivity contribution is 5.99. The Morgan fingerprint density at radius 2 is 1.73 bits per heavy atom. The van der Waals surface area contributed by atoms with E-state index in [1.807, 2.05) is 6.07 Å². The van der Waals surface area contributed by atoms with Gasteiger partial charge in [0.05, 0.1) is 11.3 Å². The molecular weight excluding hydrogens is 458 g/mol. The van der Waals surface area contributed by atoms with E-state index in [1.54, 1.807) is 6.07 Å². The third-order valence-corrected chi connectivity index (χ3v) is 9.42. The normalized spacial score (nSPS) is 19.5. The van der Waals surface area contributed by atoms with Gasteiger partial charge in [0.2, 0.25) is 0 Å². The van der Waals surface area contributed by atoms with E-state index in [1.165, 1.54) is 98.9 Å². The van der Waals surface area contributed by atoms with Crippen LogP contribution in [0.3, 0.4) is 0 Å². The van der Waals surface area contributed by atoms with Crippen molar-refractivity contribution >= 4 is 22.6 Å². The number of hydrogen-bond donors (Lipinski definition) is 1. The molecule has 196 valence electrons. The number of fused-ring (bicyclic) bond motifs is 5. The molecule has 2 aliphatic heterocycles. The van der Waals surface area contributed by atoms with Crippen LogP contribution in [0, 0.1) is 5.92 Å². The minimum atomic E-state index is -0.846. The number of carboxylic acids is 1. The fourth-order valence-electron chi connectivity index (χ4n) is 7.29. The molecule has 3 heterocycles. The number of anilines is 1. The number of nitrogens with zero attached hydrogens (tertiary/aromatic N) is 3. The summed E-state index contributed by atoms with van der Waals surface area (Å²) in [7, 11) is 0. The highest BCUT2D eigenvalue weighted by atomic mass is 16.4. The molecular formula is C32H41N3O2. The molecule has 3 aliphatic rings. The van der Waals surface area contributed by atoms with Gasteiger partial charge in [-0.05, 0) is 87.3 Å². The van der Waals surface area contributed by atoms with E-state index in [-0.39, 0.29) is 0 Å². The molecule has 0 unspecified atom stereocenters. The first-order valence-electron chi connectivity index (χ1n) is 14.6. The molecule has 1 N–H and O–H groups in total. The van der Waals surface area contributed by atoms with Gasteiger partial charge in [-0.3, -0.25) is 0 Å². The number of aromatic nitrogens is 1. The Bertz CT molecular complexity index is 1260. The van der Waals surface area contributed by atoms with Gasteiger partial charge >= 0.3 is 5.97 Å². The molecule has 2 aromatic carbocycles. The smallest absolute Gasteiger partial charge is 0.335 e.